The SMILES string of the molecule is CCCN1C[C@H](Oc2ccccc2)C[C@H]1C(=O)O. The first-order valence-corrected chi connectivity index (χ1v) is 6.39. The quantitative estimate of drug-likeness (QED) is 0.867. The second-order valence-corrected chi connectivity index (χ2v) is 4.64. The van der Waals surface area contributed by atoms with E-state index in [2.05, 4.69) is 6.92 Å². The Kier molecular flexibility index (Phi) is 4.20. The minimum absolute atomic E-state index is 0.0277. The lowest BCUT2D eigenvalue weighted by Gasteiger charge is -2.19. The van der Waals surface area contributed by atoms with Crippen LogP contribution in [0.4, 0.5) is 0 Å². The van der Waals surface area contributed by atoms with Crippen molar-refractivity contribution >= 4 is 5.97 Å². The number of hydrogen-bond donors (Lipinski definition) is 1. The van der Waals surface area contributed by atoms with E-state index in [0.717, 1.165) is 18.7 Å². The highest BCUT2D eigenvalue weighted by Crippen LogP contribution is 2.23. The predicted octanol–water partition coefficient (Wildman–Crippen LogP) is 2.00. The Bertz CT molecular complexity index is 393. The molecule has 1 fully saturated rings. The maximum atomic E-state index is 11.2. The van der Waals surface area contributed by atoms with Gasteiger partial charge in [0.15, 0.2) is 0 Å². The third-order valence-corrected chi connectivity index (χ3v) is 3.21. The minimum Gasteiger partial charge on any atom is -0.489 e. The first kappa shape index (κ1) is 12.9. The Labute approximate surface area is 107 Å². The summed E-state index contributed by atoms with van der Waals surface area (Å²) >= 11 is 0. The summed E-state index contributed by atoms with van der Waals surface area (Å²) in [5.41, 5.74) is 0. The van der Waals surface area contributed by atoms with Crippen LogP contribution in [0, 0.1) is 0 Å². The van der Waals surface area contributed by atoms with Crippen molar-refractivity contribution in [2.45, 2.75) is 31.9 Å². The summed E-state index contributed by atoms with van der Waals surface area (Å²) in [5, 5.41) is 9.20. The molecule has 0 saturated carbocycles. The average molecular weight is 249 g/mol. The van der Waals surface area contributed by atoms with Crippen LogP contribution in [0.2, 0.25) is 0 Å². The third-order valence-electron chi connectivity index (χ3n) is 3.21. The molecule has 1 N–H and O–H groups in total. The number of carboxylic acids is 1. The van der Waals surface area contributed by atoms with Crippen LogP contribution in [-0.2, 0) is 4.79 Å². The largest absolute Gasteiger partial charge is 0.489 e. The maximum absolute atomic E-state index is 11.2. The normalized spacial score (nSPS) is 24.1. The number of carboxylic acid groups (broad SMARTS) is 1. The van der Waals surface area contributed by atoms with Gasteiger partial charge in [-0.05, 0) is 25.1 Å². The van der Waals surface area contributed by atoms with Gasteiger partial charge >= 0.3 is 5.97 Å². The fourth-order valence-electron chi connectivity index (χ4n) is 2.43. The molecule has 1 aliphatic heterocycles. The lowest BCUT2D eigenvalue weighted by molar-refractivity contribution is -0.142. The van der Waals surface area contributed by atoms with Gasteiger partial charge in [0.2, 0.25) is 0 Å². The van der Waals surface area contributed by atoms with E-state index in [4.69, 9.17) is 4.74 Å². The Morgan fingerprint density at radius 3 is 2.78 bits per heavy atom. The van der Waals surface area contributed by atoms with E-state index in [1.165, 1.54) is 0 Å². The summed E-state index contributed by atoms with van der Waals surface area (Å²) in [5.74, 6) is 0.0626. The summed E-state index contributed by atoms with van der Waals surface area (Å²) in [4.78, 5) is 13.2. The molecule has 1 aliphatic rings. The van der Waals surface area contributed by atoms with Crippen LogP contribution in [0.15, 0.2) is 30.3 Å². The topological polar surface area (TPSA) is 49.8 Å². The van der Waals surface area contributed by atoms with Crippen molar-refractivity contribution in [2.75, 3.05) is 13.1 Å². The molecule has 2 rings (SSSR count). The number of nitrogens with zero attached hydrogens (tertiary/aromatic N) is 1. The second-order valence-electron chi connectivity index (χ2n) is 4.64. The summed E-state index contributed by atoms with van der Waals surface area (Å²) < 4.78 is 5.83. The first-order valence-electron chi connectivity index (χ1n) is 6.39. The maximum Gasteiger partial charge on any atom is 0.321 e. The Hall–Kier alpha value is -1.55. The van der Waals surface area contributed by atoms with E-state index < -0.39 is 12.0 Å². The highest BCUT2D eigenvalue weighted by atomic mass is 16.5. The second kappa shape index (κ2) is 5.87. The number of hydrogen-bond acceptors (Lipinski definition) is 3. The fraction of sp³-hybridized carbons (Fsp3) is 0.500. The zero-order chi connectivity index (χ0) is 13.0. The van der Waals surface area contributed by atoms with Gasteiger partial charge in [0.05, 0.1) is 0 Å². The van der Waals surface area contributed by atoms with Crippen molar-refractivity contribution in [2.24, 2.45) is 0 Å². The van der Waals surface area contributed by atoms with Crippen LogP contribution in [0.1, 0.15) is 19.8 Å². The van der Waals surface area contributed by atoms with E-state index in [1.807, 2.05) is 35.2 Å². The number of aliphatic carboxylic acids is 1. The van der Waals surface area contributed by atoms with Gasteiger partial charge in [0, 0.05) is 13.0 Å². The van der Waals surface area contributed by atoms with Crippen molar-refractivity contribution in [3.8, 4) is 5.75 Å². The standard InChI is InChI=1S/C14H19NO3/c1-2-8-15-10-12(9-13(15)14(16)17)18-11-6-4-3-5-7-11/h3-7,12-13H,2,8-10H2,1H3,(H,16,17)/t12-,13+/m1/s1. The van der Waals surface area contributed by atoms with Gasteiger partial charge in [0.25, 0.3) is 0 Å². The number of carbonyl (C=O) groups is 1. The van der Waals surface area contributed by atoms with Gasteiger partial charge in [0.1, 0.15) is 17.9 Å². The van der Waals surface area contributed by atoms with Crippen LogP contribution in [0.25, 0.3) is 0 Å². The molecule has 0 aromatic heterocycles. The number of likely N-dealkylation sites (tertiary alicyclic amines) is 1. The lowest BCUT2D eigenvalue weighted by Crippen LogP contribution is -2.36. The van der Waals surface area contributed by atoms with Crippen LogP contribution >= 0.6 is 0 Å². The smallest absolute Gasteiger partial charge is 0.321 e. The van der Waals surface area contributed by atoms with Crippen molar-refractivity contribution in [1.29, 1.82) is 0 Å². The molecule has 0 radical (unpaired) electrons. The van der Waals surface area contributed by atoms with E-state index in [-0.39, 0.29) is 6.10 Å². The summed E-state index contributed by atoms with van der Waals surface area (Å²) in [7, 11) is 0. The molecule has 18 heavy (non-hydrogen) atoms. The molecule has 0 spiro atoms. The molecule has 1 saturated heterocycles. The van der Waals surface area contributed by atoms with E-state index in [9.17, 15) is 9.90 Å². The van der Waals surface area contributed by atoms with Gasteiger partial charge in [-0.25, -0.2) is 0 Å². The van der Waals surface area contributed by atoms with Crippen LogP contribution < -0.4 is 4.74 Å². The van der Waals surface area contributed by atoms with Gasteiger partial charge in [-0.1, -0.05) is 25.1 Å². The predicted molar refractivity (Wildman–Crippen MR) is 68.8 cm³/mol. The molecule has 98 valence electrons. The molecule has 4 nitrogen and oxygen atoms in total. The molecule has 2 atom stereocenters. The Balaban J connectivity index is 1.98. The molecular weight excluding hydrogens is 230 g/mol. The summed E-state index contributed by atoms with van der Waals surface area (Å²) in [6.45, 7) is 3.57. The fourth-order valence-corrected chi connectivity index (χ4v) is 2.43. The molecule has 0 amide bonds. The summed E-state index contributed by atoms with van der Waals surface area (Å²) in [6.07, 6.45) is 1.49. The highest BCUT2D eigenvalue weighted by Gasteiger charge is 2.37. The van der Waals surface area contributed by atoms with Gasteiger partial charge < -0.3 is 9.84 Å². The zero-order valence-corrected chi connectivity index (χ0v) is 10.6. The van der Waals surface area contributed by atoms with E-state index >= 15 is 0 Å². The van der Waals surface area contributed by atoms with Gasteiger partial charge in [-0.15, -0.1) is 0 Å². The molecule has 1 aromatic carbocycles. The van der Waals surface area contributed by atoms with Crippen molar-refractivity contribution in [1.82, 2.24) is 4.90 Å². The molecule has 0 aliphatic carbocycles. The summed E-state index contributed by atoms with van der Waals surface area (Å²) in [6, 6.07) is 9.17. The van der Waals surface area contributed by atoms with Crippen molar-refractivity contribution < 1.29 is 14.6 Å². The number of ether oxygens (including phenoxy) is 1. The van der Waals surface area contributed by atoms with Gasteiger partial charge in [-0.3, -0.25) is 9.69 Å². The third kappa shape index (κ3) is 3.01. The highest BCUT2D eigenvalue weighted by molar-refractivity contribution is 5.74. The molecule has 0 bridgehead atoms. The number of benzene rings is 1. The Morgan fingerprint density at radius 1 is 1.44 bits per heavy atom. The number of rotatable bonds is 5. The molecular formula is C14H19NO3. The van der Waals surface area contributed by atoms with Crippen molar-refractivity contribution in [3.63, 3.8) is 0 Å². The molecule has 1 aromatic rings. The Morgan fingerprint density at radius 2 is 2.17 bits per heavy atom. The van der Waals surface area contributed by atoms with Crippen LogP contribution in [-0.4, -0.2) is 41.2 Å². The first-order chi connectivity index (χ1) is 8.70. The zero-order valence-electron chi connectivity index (χ0n) is 10.6. The van der Waals surface area contributed by atoms with E-state index in [1.54, 1.807) is 0 Å². The van der Waals surface area contributed by atoms with Crippen LogP contribution in [0.3, 0.4) is 0 Å². The molecule has 1 heterocycles. The lowest BCUT2D eigenvalue weighted by atomic mass is 10.2. The monoisotopic (exact) mass is 249 g/mol. The number of para-hydroxylation sites is 1. The average Bonchev–Trinajstić information content (AvgIpc) is 2.74. The van der Waals surface area contributed by atoms with Crippen LogP contribution in [0.5, 0.6) is 5.75 Å². The molecule has 4 heteroatoms. The minimum atomic E-state index is -0.748. The van der Waals surface area contributed by atoms with Gasteiger partial charge in [-0.2, -0.15) is 0 Å². The van der Waals surface area contributed by atoms with Crippen molar-refractivity contribution in [3.05, 3.63) is 30.3 Å². The molecule has 0 unspecified atom stereocenters. The van der Waals surface area contributed by atoms with E-state index in [0.29, 0.717) is 13.0 Å².